The molecule has 0 unspecified atom stereocenters. The maximum Gasteiger partial charge on any atom is 0.201 e. The molecule has 1 aliphatic carbocycles. The van der Waals surface area contributed by atoms with E-state index in [0.717, 1.165) is 56.1 Å². The Morgan fingerprint density at radius 2 is 1.50 bits per heavy atom. The Bertz CT molecular complexity index is 1140. The Morgan fingerprint density at radius 3 is 2.19 bits per heavy atom. The number of aryl methyl sites for hydroxylation is 1. The summed E-state index contributed by atoms with van der Waals surface area (Å²) in [6.45, 7) is 4.95. The minimum absolute atomic E-state index is 0.0536. The zero-order valence-electron chi connectivity index (χ0n) is 21.2. The third kappa shape index (κ3) is 6.43. The second-order valence-electron chi connectivity index (χ2n) is 9.88. The molecule has 0 radical (unpaired) electrons. The van der Waals surface area contributed by atoms with Crippen LogP contribution in [-0.2, 0) is 0 Å². The Labute approximate surface area is 212 Å². The number of benzene rings is 3. The lowest BCUT2D eigenvalue weighted by atomic mass is 9.79. The summed E-state index contributed by atoms with van der Waals surface area (Å²) in [7, 11) is 0. The van der Waals surface area contributed by atoms with Crippen LogP contribution in [0.15, 0.2) is 54.6 Å². The minimum atomic E-state index is -0.950. The minimum Gasteiger partial charge on any atom is -0.491 e. The van der Waals surface area contributed by atoms with Crippen molar-refractivity contribution in [3.05, 3.63) is 83.2 Å². The van der Waals surface area contributed by atoms with Crippen LogP contribution in [0.5, 0.6) is 11.5 Å². The number of rotatable bonds is 10. The van der Waals surface area contributed by atoms with Crippen molar-refractivity contribution in [1.29, 1.82) is 0 Å². The van der Waals surface area contributed by atoms with E-state index >= 15 is 0 Å². The maximum absolute atomic E-state index is 14.7. The normalized spacial score (nSPS) is 17.7. The average Bonchev–Trinajstić information content (AvgIpc) is 2.89. The summed E-state index contributed by atoms with van der Waals surface area (Å²) in [6.07, 6.45) is 6.72. The lowest BCUT2D eigenvalue weighted by Gasteiger charge is -2.29. The van der Waals surface area contributed by atoms with Crippen LogP contribution >= 0.6 is 0 Å². The van der Waals surface area contributed by atoms with Crippen molar-refractivity contribution >= 4 is 0 Å². The second kappa shape index (κ2) is 12.3. The van der Waals surface area contributed by atoms with Crippen LogP contribution in [0.25, 0.3) is 11.1 Å². The number of ether oxygens (including phenoxy) is 2. The maximum atomic E-state index is 14.7. The Morgan fingerprint density at radius 1 is 0.778 bits per heavy atom. The molecule has 1 aliphatic rings. The fourth-order valence-corrected chi connectivity index (χ4v) is 4.89. The molecule has 0 bridgehead atoms. The average molecular weight is 497 g/mol. The summed E-state index contributed by atoms with van der Waals surface area (Å²) < 4.78 is 55.2. The van der Waals surface area contributed by atoms with Crippen molar-refractivity contribution < 1.29 is 22.6 Å². The molecule has 0 amide bonds. The monoisotopic (exact) mass is 496 g/mol. The lowest BCUT2D eigenvalue weighted by molar-refractivity contribution is 0.192. The van der Waals surface area contributed by atoms with Gasteiger partial charge in [0.15, 0.2) is 23.1 Å². The lowest BCUT2D eigenvalue weighted by Crippen LogP contribution is -2.19. The topological polar surface area (TPSA) is 18.5 Å². The van der Waals surface area contributed by atoms with E-state index in [1.807, 2.05) is 25.1 Å². The predicted molar refractivity (Wildman–Crippen MR) is 138 cm³/mol. The zero-order valence-corrected chi connectivity index (χ0v) is 21.2. The highest BCUT2D eigenvalue weighted by atomic mass is 19.2. The van der Waals surface area contributed by atoms with Crippen LogP contribution in [0.1, 0.15) is 68.9 Å². The third-order valence-corrected chi connectivity index (χ3v) is 7.16. The van der Waals surface area contributed by atoms with Gasteiger partial charge in [-0.2, -0.15) is 4.39 Å². The molecule has 3 aromatic rings. The number of hydrogen-bond donors (Lipinski definition) is 0. The van der Waals surface area contributed by atoms with Gasteiger partial charge in [0, 0.05) is 5.56 Å². The van der Waals surface area contributed by atoms with Gasteiger partial charge in [-0.3, -0.25) is 0 Å². The van der Waals surface area contributed by atoms with Gasteiger partial charge in [0.05, 0.1) is 13.2 Å². The molecule has 0 N–H and O–H groups in total. The molecular formula is C31H35F3O2. The molecule has 0 atom stereocenters. The Kier molecular flexibility index (Phi) is 8.95. The van der Waals surface area contributed by atoms with E-state index < -0.39 is 11.6 Å². The van der Waals surface area contributed by atoms with Gasteiger partial charge in [-0.05, 0) is 86.3 Å². The first kappa shape index (κ1) is 26.1. The molecule has 4 rings (SSSR count). The fourth-order valence-electron chi connectivity index (χ4n) is 4.89. The van der Waals surface area contributed by atoms with Gasteiger partial charge in [0.2, 0.25) is 5.82 Å². The Hall–Kier alpha value is -2.95. The first-order chi connectivity index (χ1) is 17.5. The van der Waals surface area contributed by atoms with Gasteiger partial charge in [0.1, 0.15) is 0 Å². The van der Waals surface area contributed by atoms with Crippen LogP contribution in [0.4, 0.5) is 13.2 Å². The summed E-state index contributed by atoms with van der Waals surface area (Å²) in [6, 6.07) is 15.7. The zero-order chi connectivity index (χ0) is 25.5. The van der Waals surface area contributed by atoms with Gasteiger partial charge in [-0.15, -0.1) is 0 Å². The molecule has 36 heavy (non-hydrogen) atoms. The summed E-state index contributed by atoms with van der Waals surface area (Å²) in [5, 5.41) is 0. The third-order valence-electron chi connectivity index (χ3n) is 7.16. The van der Waals surface area contributed by atoms with Crippen molar-refractivity contribution in [3.8, 4) is 22.6 Å². The van der Waals surface area contributed by atoms with E-state index in [9.17, 15) is 13.2 Å². The summed E-state index contributed by atoms with van der Waals surface area (Å²) >= 11 is 0. The second-order valence-corrected chi connectivity index (χ2v) is 9.88. The van der Waals surface area contributed by atoms with E-state index in [1.54, 1.807) is 30.3 Å². The SMILES string of the molecule is CCCCCOc1ccc(C2CCC(COc3ccc(-c4ccc(C)cc4)c(F)c3F)CC2)cc1F. The van der Waals surface area contributed by atoms with E-state index in [2.05, 4.69) is 6.92 Å². The standard InChI is InChI=1S/C31H35F3O2/c1-3-4-5-18-35-28-16-14-25(19-27(28)32)23-12-8-22(9-13-23)20-36-29-17-15-26(30(33)31(29)34)24-10-6-21(2)7-11-24/h6-7,10-11,14-17,19,22-23H,3-5,8-9,12-13,18,20H2,1-2H3. The molecule has 3 aromatic carbocycles. The predicted octanol–water partition coefficient (Wildman–Crippen LogP) is 9.00. The highest BCUT2D eigenvalue weighted by Gasteiger charge is 2.24. The van der Waals surface area contributed by atoms with Crippen LogP contribution in [0, 0.1) is 30.3 Å². The van der Waals surface area contributed by atoms with Crippen molar-refractivity contribution in [3.63, 3.8) is 0 Å². The molecule has 2 nitrogen and oxygen atoms in total. The first-order valence-corrected chi connectivity index (χ1v) is 13.1. The molecule has 1 saturated carbocycles. The number of unbranched alkanes of at least 4 members (excludes halogenated alkanes) is 2. The van der Waals surface area contributed by atoms with E-state index in [-0.39, 0.29) is 29.0 Å². The molecule has 1 fully saturated rings. The van der Waals surface area contributed by atoms with Gasteiger partial charge in [-0.25, -0.2) is 8.78 Å². The highest BCUT2D eigenvalue weighted by molar-refractivity contribution is 5.65. The quantitative estimate of drug-likeness (QED) is 0.261. The number of hydrogen-bond acceptors (Lipinski definition) is 2. The molecule has 0 heterocycles. The van der Waals surface area contributed by atoms with Crippen LogP contribution < -0.4 is 9.47 Å². The van der Waals surface area contributed by atoms with E-state index in [0.29, 0.717) is 24.5 Å². The van der Waals surface area contributed by atoms with Crippen molar-refractivity contribution in [1.82, 2.24) is 0 Å². The van der Waals surface area contributed by atoms with E-state index in [1.165, 1.54) is 6.07 Å². The van der Waals surface area contributed by atoms with Gasteiger partial charge >= 0.3 is 0 Å². The van der Waals surface area contributed by atoms with E-state index in [4.69, 9.17) is 9.47 Å². The fraction of sp³-hybridized carbons (Fsp3) is 0.419. The summed E-state index contributed by atoms with van der Waals surface area (Å²) in [5.74, 6) is -1.34. The molecule has 192 valence electrons. The number of halogens is 3. The highest BCUT2D eigenvalue weighted by Crippen LogP contribution is 2.38. The van der Waals surface area contributed by atoms with Gasteiger partial charge in [0.25, 0.3) is 0 Å². The molecule has 0 aliphatic heterocycles. The molecule has 0 aromatic heterocycles. The smallest absolute Gasteiger partial charge is 0.201 e. The van der Waals surface area contributed by atoms with Crippen LogP contribution in [0.2, 0.25) is 0 Å². The van der Waals surface area contributed by atoms with Gasteiger partial charge in [-0.1, -0.05) is 55.7 Å². The molecule has 5 heteroatoms. The molecule has 0 spiro atoms. The van der Waals surface area contributed by atoms with Crippen molar-refractivity contribution in [2.45, 2.75) is 64.7 Å². The van der Waals surface area contributed by atoms with Crippen molar-refractivity contribution in [2.75, 3.05) is 13.2 Å². The largest absolute Gasteiger partial charge is 0.491 e. The first-order valence-electron chi connectivity index (χ1n) is 13.1. The van der Waals surface area contributed by atoms with Crippen molar-refractivity contribution in [2.24, 2.45) is 5.92 Å². The summed E-state index contributed by atoms with van der Waals surface area (Å²) in [4.78, 5) is 0. The molecular weight excluding hydrogens is 461 g/mol. The van der Waals surface area contributed by atoms with Crippen LogP contribution in [-0.4, -0.2) is 13.2 Å². The van der Waals surface area contributed by atoms with Crippen LogP contribution in [0.3, 0.4) is 0 Å². The Balaban J connectivity index is 1.29. The van der Waals surface area contributed by atoms with Gasteiger partial charge < -0.3 is 9.47 Å². The molecule has 0 saturated heterocycles. The summed E-state index contributed by atoms with van der Waals surface area (Å²) in [5.41, 5.74) is 2.91.